The van der Waals surface area contributed by atoms with Crippen molar-refractivity contribution in [3.63, 3.8) is 0 Å². The Morgan fingerprint density at radius 3 is 1.75 bits per heavy atom. The average molecular weight is 766 g/mol. The Morgan fingerprint density at radius 2 is 1.07 bits per heavy atom. The normalized spacial score (nSPS) is 12.8. The van der Waals surface area contributed by atoms with E-state index in [-0.39, 0.29) is 0 Å². The number of benzene rings is 8. The number of ether oxygens (including phenoxy) is 1. The number of nitrogens with zero attached hydrogens (tertiary/aromatic N) is 3. The standard InChI is InChI=1S/C51H35N3OSSi/c1-57(2,33-27-28-40-38-18-6-5-16-36(38)34-14-3-4-15-35(34)37-17-7-8-19-39(37)41(40)31-33)49-25-13-24-47-50(49)56-48-30-32(26-29-46(48)55-47)53-44-22-11-12-23-45(44)54-43-21-10-9-20-42(43)52-51(53)54/h3-31H,1-2H3. The van der Waals surface area contributed by atoms with Crippen molar-refractivity contribution in [1.82, 2.24) is 14.0 Å². The molecule has 6 heteroatoms. The second-order valence-electron chi connectivity index (χ2n) is 15.6. The van der Waals surface area contributed by atoms with E-state index in [4.69, 9.17) is 9.72 Å². The van der Waals surface area contributed by atoms with Crippen LogP contribution in [0.5, 0.6) is 11.5 Å². The summed E-state index contributed by atoms with van der Waals surface area (Å²) in [6, 6.07) is 64.1. The molecule has 10 aromatic rings. The molecule has 0 bridgehead atoms. The fourth-order valence-electron chi connectivity index (χ4n) is 9.23. The van der Waals surface area contributed by atoms with Gasteiger partial charge >= 0.3 is 0 Å². The second kappa shape index (κ2) is 12.2. The fraction of sp³-hybridized carbons (Fsp3) is 0.0392. The number of aromatic nitrogens is 3. The third kappa shape index (κ3) is 4.78. The van der Waals surface area contributed by atoms with Crippen LogP contribution in [0.15, 0.2) is 186 Å². The highest BCUT2D eigenvalue weighted by Gasteiger charge is 2.34. The largest absolute Gasteiger partial charge is 0.455 e. The van der Waals surface area contributed by atoms with Crippen LogP contribution < -0.4 is 15.1 Å². The van der Waals surface area contributed by atoms with Gasteiger partial charge in [-0.2, -0.15) is 0 Å². The molecule has 57 heavy (non-hydrogen) atoms. The van der Waals surface area contributed by atoms with E-state index in [1.807, 2.05) is 11.8 Å². The number of hydrogen-bond donors (Lipinski definition) is 0. The van der Waals surface area contributed by atoms with Crippen LogP contribution in [-0.4, -0.2) is 22.0 Å². The van der Waals surface area contributed by atoms with Crippen LogP contribution in [-0.2, 0) is 0 Å². The lowest BCUT2D eigenvalue weighted by Gasteiger charge is -2.31. The molecule has 0 saturated heterocycles. The van der Waals surface area contributed by atoms with E-state index in [9.17, 15) is 0 Å². The predicted octanol–water partition coefficient (Wildman–Crippen LogP) is 12.5. The molecular weight excluding hydrogens is 731 g/mol. The fourth-order valence-corrected chi connectivity index (χ4v) is 13.7. The minimum absolute atomic E-state index is 0.880. The molecule has 0 saturated carbocycles. The van der Waals surface area contributed by atoms with Crippen molar-refractivity contribution in [3.8, 4) is 61.7 Å². The molecular formula is C51H35N3OSSi. The number of imidazole rings is 2. The van der Waals surface area contributed by atoms with Crippen molar-refractivity contribution in [3.05, 3.63) is 176 Å². The Labute approximate surface area is 335 Å². The van der Waals surface area contributed by atoms with E-state index in [0.717, 1.165) is 49.9 Å². The van der Waals surface area contributed by atoms with Gasteiger partial charge < -0.3 is 4.74 Å². The third-order valence-corrected chi connectivity index (χ3v) is 16.9. The van der Waals surface area contributed by atoms with Gasteiger partial charge in [-0.25, -0.2) is 4.98 Å². The summed E-state index contributed by atoms with van der Waals surface area (Å²) in [5.41, 5.74) is 15.6. The lowest BCUT2D eigenvalue weighted by Crippen LogP contribution is -2.53. The Hall–Kier alpha value is -6.60. The first-order valence-corrected chi connectivity index (χ1v) is 23.3. The number of fused-ring (bicyclic) bond motifs is 15. The molecule has 0 fully saturated rings. The molecule has 0 radical (unpaired) electrons. The third-order valence-electron chi connectivity index (χ3n) is 12.1. The van der Waals surface area contributed by atoms with E-state index in [2.05, 4.69) is 198 Å². The van der Waals surface area contributed by atoms with Crippen LogP contribution in [0.3, 0.4) is 0 Å². The number of para-hydroxylation sites is 4. The van der Waals surface area contributed by atoms with Crippen molar-refractivity contribution < 1.29 is 4.74 Å². The first-order chi connectivity index (χ1) is 28.0. The molecule has 2 aromatic heterocycles. The smallest absolute Gasteiger partial charge is 0.220 e. The molecule has 2 aliphatic rings. The topological polar surface area (TPSA) is 31.5 Å². The maximum absolute atomic E-state index is 6.76. The minimum atomic E-state index is -2.31. The summed E-state index contributed by atoms with van der Waals surface area (Å²) in [6.07, 6.45) is 0. The van der Waals surface area contributed by atoms with Gasteiger partial charge in [0.1, 0.15) is 19.6 Å². The van der Waals surface area contributed by atoms with Gasteiger partial charge in [0, 0.05) is 0 Å². The van der Waals surface area contributed by atoms with Crippen molar-refractivity contribution >= 4 is 58.1 Å². The first kappa shape index (κ1) is 32.6. The molecule has 270 valence electrons. The van der Waals surface area contributed by atoms with Crippen LogP contribution in [0, 0.1) is 0 Å². The van der Waals surface area contributed by atoms with E-state index < -0.39 is 8.07 Å². The SMILES string of the molecule is C[Si](C)(c1ccc2c(c1)-c1ccccc1-c1ccccc1-c1ccccc1-2)c1cccc2c1Sc1cc(-n3c4ccccc4n4c5ccccc5nc34)ccc1O2. The average Bonchev–Trinajstić information content (AvgIpc) is 3.79. The maximum atomic E-state index is 6.76. The summed E-state index contributed by atoms with van der Waals surface area (Å²) >= 11 is 1.83. The predicted molar refractivity (Wildman–Crippen MR) is 239 cm³/mol. The quantitative estimate of drug-likeness (QED) is 0.168. The molecule has 0 amide bonds. The summed E-state index contributed by atoms with van der Waals surface area (Å²) in [5.74, 6) is 2.71. The Bertz CT molecular complexity index is 3300. The number of hydrogen-bond acceptors (Lipinski definition) is 3. The monoisotopic (exact) mass is 765 g/mol. The zero-order valence-corrected chi connectivity index (χ0v) is 33.2. The lowest BCUT2D eigenvalue weighted by molar-refractivity contribution is 0.455. The molecule has 1 aliphatic carbocycles. The lowest BCUT2D eigenvalue weighted by atomic mass is 9.81. The molecule has 0 atom stereocenters. The van der Waals surface area contributed by atoms with Gasteiger partial charge in [-0.1, -0.05) is 157 Å². The molecule has 0 unspecified atom stereocenters. The van der Waals surface area contributed by atoms with Crippen molar-refractivity contribution in [1.29, 1.82) is 0 Å². The molecule has 1 aliphatic heterocycles. The van der Waals surface area contributed by atoms with Gasteiger partial charge in [0.25, 0.3) is 0 Å². The van der Waals surface area contributed by atoms with E-state index in [1.54, 1.807) is 0 Å². The summed E-state index contributed by atoms with van der Waals surface area (Å²) in [6.45, 7) is 4.97. The first-order valence-electron chi connectivity index (χ1n) is 19.5. The molecule has 0 spiro atoms. The Kier molecular flexibility index (Phi) is 6.98. The van der Waals surface area contributed by atoms with Gasteiger partial charge in [-0.15, -0.1) is 0 Å². The van der Waals surface area contributed by atoms with Crippen LogP contribution in [0.4, 0.5) is 0 Å². The number of rotatable bonds is 3. The minimum Gasteiger partial charge on any atom is -0.455 e. The summed E-state index contributed by atoms with van der Waals surface area (Å²) in [4.78, 5) is 7.44. The highest BCUT2D eigenvalue weighted by Crippen LogP contribution is 2.49. The Balaban J connectivity index is 0.986. The summed E-state index contributed by atoms with van der Waals surface area (Å²) in [5, 5.41) is 2.77. The van der Waals surface area contributed by atoms with Gasteiger partial charge in [-0.3, -0.25) is 8.97 Å². The molecule has 12 rings (SSSR count). The van der Waals surface area contributed by atoms with Gasteiger partial charge in [0.05, 0.1) is 37.5 Å². The molecule has 8 aromatic carbocycles. The van der Waals surface area contributed by atoms with Crippen molar-refractivity contribution in [2.45, 2.75) is 22.9 Å². The van der Waals surface area contributed by atoms with Crippen LogP contribution in [0.2, 0.25) is 13.1 Å². The van der Waals surface area contributed by atoms with E-state index in [1.165, 1.54) is 59.8 Å². The highest BCUT2D eigenvalue weighted by atomic mass is 32.2. The molecule has 3 heterocycles. The van der Waals surface area contributed by atoms with E-state index in [0.29, 0.717) is 0 Å². The van der Waals surface area contributed by atoms with E-state index >= 15 is 0 Å². The van der Waals surface area contributed by atoms with Gasteiger partial charge in [-0.05, 0) is 98.2 Å². The van der Waals surface area contributed by atoms with Gasteiger partial charge in [0.2, 0.25) is 5.78 Å². The molecule has 0 N–H and O–H groups in total. The Morgan fingerprint density at radius 1 is 0.491 bits per heavy atom. The van der Waals surface area contributed by atoms with Crippen LogP contribution >= 0.6 is 11.8 Å². The zero-order valence-electron chi connectivity index (χ0n) is 31.4. The highest BCUT2D eigenvalue weighted by molar-refractivity contribution is 8.00. The summed E-state index contributed by atoms with van der Waals surface area (Å²) < 4.78 is 11.3. The van der Waals surface area contributed by atoms with Crippen molar-refractivity contribution in [2.75, 3.05) is 0 Å². The van der Waals surface area contributed by atoms with Crippen molar-refractivity contribution in [2.24, 2.45) is 0 Å². The van der Waals surface area contributed by atoms with Crippen LogP contribution in [0.25, 0.3) is 78.0 Å². The molecule has 4 nitrogen and oxygen atoms in total. The summed E-state index contributed by atoms with van der Waals surface area (Å²) in [7, 11) is -2.31. The van der Waals surface area contributed by atoms with Crippen LogP contribution in [0.1, 0.15) is 0 Å². The zero-order chi connectivity index (χ0) is 37.8. The van der Waals surface area contributed by atoms with Gasteiger partial charge in [0.15, 0.2) is 0 Å². The second-order valence-corrected chi connectivity index (χ2v) is 21.0. The maximum Gasteiger partial charge on any atom is 0.220 e.